The minimum Gasteiger partial charge on any atom is -0.354 e. The maximum Gasteiger partial charge on any atom is 0.172 e. The Labute approximate surface area is 114 Å². The lowest BCUT2D eigenvalue weighted by Gasteiger charge is -2.26. The second-order valence-electron chi connectivity index (χ2n) is 4.23. The minimum atomic E-state index is -0.254. The van der Waals surface area contributed by atoms with E-state index in [1.54, 1.807) is 14.2 Å². The molecule has 4 heteroatoms. The van der Waals surface area contributed by atoms with Gasteiger partial charge >= 0.3 is 0 Å². The smallest absolute Gasteiger partial charge is 0.172 e. The van der Waals surface area contributed by atoms with Gasteiger partial charge in [0.05, 0.1) is 6.04 Å². The summed E-state index contributed by atoms with van der Waals surface area (Å²) in [6.45, 7) is 3.08. The summed E-state index contributed by atoms with van der Waals surface area (Å²) in [5, 5.41) is 4.20. The lowest BCUT2D eigenvalue weighted by molar-refractivity contribution is -0.122. The number of hydrogen-bond donors (Lipinski definition) is 1. The molecule has 1 aromatic carbocycles. The van der Waals surface area contributed by atoms with Gasteiger partial charge in [0.1, 0.15) is 0 Å². The first-order chi connectivity index (χ1) is 8.71. The van der Waals surface area contributed by atoms with E-state index in [9.17, 15) is 0 Å². The van der Waals surface area contributed by atoms with E-state index in [1.807, 2.05) is 18.2 Å². The van der Waals surface area contributed by atoms with Crippen molar-refractivity contribution >= 4 is 11.6 Å². The van der Waals surface area contributed by atoms with Crippen LogP contribution in [-0.4, -0.2) is 33.1 Å². The van der Waals surface area contributed by atoms with E-state index >= 15 is 0 Å². The molecule has 0 saturated carbocycles. The van der Waals surface area contributed by atoms with Gasteiger partial charge in [-0.3, -0.25) is 0 Å². The first kappa shape index (κ1) is 15.4. The highest BCUT2D eigenvalue weighted by molar-refractivity contribution is 6.30. The van der Waals surface area contributed by atoms with Crippen LogP contribution in [0.15, 0.2) is 24.3 Å². The number of hydrogen-bond acceptors (Lipinski definition) is 3. The van der Waals surface area contributed by atoms with Crippen LogP contribution in [0.25, 0.3) is 0 Å². The molecule has 1 aromatic rings. The quantitative estimate of drug-likeness (QED) is 0.738. The number of nitrogens with one attached hydrogen (secondary N) is 1. The van der Waals surface area contributed by atoms with Crippen molar-refractivity contribution in [2.45, 2.75) is 32.1 Å². The molecule has 1 atom stereocenters. The largest absolute Gasteiger partial charge is 0.354 e. The molecule has 1 rings (SSSR count). The van der Waals surface area contributed by atoms with Gasteiger partial charge in [0.25, 0.3) is 0 Å². The molecular weight excluding hydrogens is 250 g/mol. The van der Waals surface area contributed by atoms with E-state index in [1.165, 1.54) is 5.56 Å². The van der Waals surface area contributed by atoms with Gasteiger partial charge in [-0.15, -0.1) is 0 Å². The fourth-order valence-electron chi connectivity index (χ4n) is 1.94. The Bertz CT molecular complexity index is 342. The summed E-state index contributed by atoms with van der Waals surface area (Å²) in [6, 6.07) is 8.00. The molecule has 0 heterocycles. The van der Waals surface area contributed by atoms with Crippen molar-refractivity contribution in [1.82, 2.24) is 5.32 Å². The fraction of sp³-hybridized carbons (Fsp3) is 0.571. The monoisotopic (exact) mass is 271 g/mol. The second kappa shape index (κ2) is 8.48. The molecule has 0 amide bonds. The fourth-order valence-corrected chi connectivity index (χ4v) is 2.15. The molecule has 0 radical (unpaired) electrons. The van der Waals surface area contributed by atoms with E-state index in [-0.39, 0.29) is 12.3 Å². The molecule has 0 aliphatic heterocycles. The molecular formula is C14H22ClNO2. The van der Waals surface area contributed by atoms with Crippen LogP contribution in [0.2, 0.25) is 5.02 Å². The zero-order chi connectivity index (χ0) is 13.4. The Kier molecular flexibility index (Phi) is 7.28. The Morgan fingerprint density at radius 1 is 1.28 bits per heavy atom. The zero-order valence-electron chi connectivity index (χ0n) is 11.3. The van der Waals surface area contributed by atoms with Crippen molar-refractivity contribution in [3.8, 4) is 0 Å². The molecule has 1 unspecified atom stereocenters. The van der Waals surface area contributed by atoms with E-state index in [4.69, 9.17) is 21.1 Å². The summed E-state index contributed by atoms with van der Waals surface area (Å²) >= 11 is 6.00. The van der Waals surface area contributed by atoms with Gasteiger partial charge < -0.3 is 14.8 Å². The lowest BCUT2D eigenvalue weighted by Crippen LogP contribution is -2.44. The van der Waals surface area contributed by atoms with Gasteiger partial charge in [0.15, 0.2) is 6.29 Å². The van der Waals surface area contributed by atoms with Gasteiger partial charge in [-0.05, 0) is 37.1 Å². The molecule has 0 fully saturated rings. The van der Waals surface area contributed by atoms with E-state index in [2.05, 4.69) is 18.3 Å². The molecule has 0 aliphatic rings. The van der Waals surface area contributed by atoms with Gasteiger partial charge in [-0.2, -0.15) is 0 Å². The van der Waals surface area contributed by atoms with E-state index < -0.39 is 0 Å². The van der Waals surface area contributed by atoms with Crippen molar-refractivity contribution in [1.29, 1.82) is 0 Å². The topological polar surface area (TPSA) is 30.5 Å². The van der Waals surface area contributed by atoms with Crippen molar-refractivity contribution in [3.63, 3.8) is 0 Å². The van der Waals surface area contributed by atoms with Crippen LogP contribution in [0.5, 0.6) is 0 Å². The van der Waals surface area contributed by atoms with Crippen LogP contribution in [0.3, 0.4) is 0 Å². The van der Waals surface area contributed by atoms with Crippen LogP contribution in [0.4, 0.5) is 0 Å². The molecule has 0 spiro atoms. The normalized spacial score (nSPS) is 12.9. The molecule has 0 saturated heterocycles. The number of methoxy groups -OCH3 is 2. The lowest BCUT2D eigenvalue weighted by atomic mass is 10.1. The molecule has 0 aromatic heterocycles. The van der Waals surface area contributed by atoms with Crippen molar-refractivity contribution in [3.05, 3.63) is 34.9 Å². The molecule has 1 N–H and O–H groups in total. The maximum atomic E-state index is 6.00. The summed E-state index contributed by atoms with van der Waals surface area (Å²) in [4.78, 5) is 0. The molecule has 3 nitrogen and oxygen atoms in total. The Hall–Kier alpha value is -0.610. The predicted octanol–water partition coefficient (Wildman–Crippen LogP) is 2.87. The van der Waals surface area contributed by atoms with Gasteiger partial charge in [0.2, 0.25) is 0 Å². The molecule has 0 aliphatic carbocycles. The third-order valence-corrected chi connectivity index (χ3v) is 3.03. The Morgan fingerprint density at radius 2 is 2.00 bits per heavy atom. The highest BCUT2D eigenvalue weighted by Crippen LogP contribution is 2.14. The van der Waals surface area contributed by atoms with Crippen LogP contribution >= 0.6 is 11.6 Å². The Balaban J connectivity index is 2.70. The average Bonchev–Trinajstić information content (AvgIpc) is 2.37. The molecule has 0 bridgehead atoms. The number of halogens is 1. The van der Waals surface area contributed by atoms with Crippen molar-refractivity contribution in [2.75, 3.05) is 20.8 Å². The summed E-state index contributed by atoms with van der Waals surface area (Å²) in [5.74, 6) is 0. The maximum absolute atomic E-state index is 6.00. The number of benzene rings is 1. The SMILES string of the molecule is CCCNC(Cc1cccc(Cl)c1)C(OC)OC. The van der Waals surface area contributed by atoms with Crippen LogP contribution in [0, 0.1) is 0 Å². The standard InChI is InChI=1S/C14H22ClNO2/c1-4-8-16-13(14(17-2)18-3)10-11-6-5-7-12(15)9-11/h5-7,9,13-14,16H,4,8,10H2,1-3H3. The predicted molar refractivity (Wildman–Crippen MR) is 75.0 cm³/mol. The zero-order valence-corrected chi connectivity index (χ0v) is 12.0. The van der Waals surface area contributed by atoms with Gasteiger partial charge in [0, 0.05) is 19.2 Å². The van der Waals surface area contributed by atoms with Crippen LogP contribution in [-0.2, 0) is 15.9 Å². The van der Waals surface area contributed by atoms with Gasteiger partial charge in [-0.1, -0.05) is 30.7 Å². The third-order valence-electron chi connectivity index (χ3n) is 2.79. The number of ether oxygens (including phenoxy) is 2. The van der Waals surface area contributed by atoms with Crippen molar-refractivity contribution in [2.24, 2.45) is 0 Å². The highest BCUT2D eigenvalue weighted by Gasteiger charge is 2.20. The third kappa shape index (κ3) is 4.94. The van der Waals surface area contributed by atoms with Crippen LogP contribution < -0.4 is 5.32 Å². The summed E-state index contributed by atoms with van der Waals surface area (Å²) in [7, 11) is 3.32. The summed E-state index contributed by atoms with van der Waals surface area (Å²) in [5.41, 5.74) is 1.18. The molecule has 18 heavy (non-hydrogen) atoms. The minimum absolute atomic E-state index is 0.124. The average molecular weight is 272 g/mol. The van der Waals surface area contributed by atoms with Crippen molar-refractivity contribution < 1.29 is 9.47 Å². The Morgan fingerprint density at radius 3 is 2.56 bits per heavy atom. The van der Waals surface area contributed by atoms with E-state index in [0.29, 0.717) is 0 Å². The van der Waals surface area contributed by atoms with Gasteiger partial charge in [-0.25, -0.2) is 0 Å². The summed E-state index contributed by atoms with van der Waals surface area (Å²) in [6.07, 6.45) is 1.65. The van der Waals surface area contributed by atoms with E-state index in [0.717, 1.165) is 24.4 Å². The first-order valence-electron chi connectivity index (χ1n) is 6.24. The van der Waals surface area contributed by atoms with Crippen LogP contribution in [0.1, 0.15) is 18.9 Å². The first-order valence-corrected chi connectivity index (χ1v) is 6.62. The number of rotatable bonds is 8. The summed E-state index contributed by atoms with van der Waals surface area (Å²) < 4.78 is 10.7. The second-order valence-corrected chi connectivity index (χ2v) is 4.67. The highest BCUT2D eigenvalue weighted by atomic mass is 35.5. The molecule has 102 valence electrons.